The molecule has 1 aliphatic heterocycles. The maximum absolute atomic E-state index is 10.7. The second kappa shape index (κ2) is 7.98. The van der Waals surface area contributed by atoms with Crippen LogP contribution in [0.4, 0.5) is 11.4 Å². The van der Waals surface area contributed by atoms with Crippen molar-refractivity contribution in [2.75, 3.05) is 31.1 Å². The van der Waals surface area contributed by atoms with E-state index in [-0.39, 0.29) is 11.7 Å². The lowest BCUT2D eigenvalue weighted by Gasteiger charge is -2.36. The fourth-order valence-electron chi connectivity index (χ4n) is 2.74. The van der Waals surface area contributed by atoms with Crippen LogP contribution in [0.1, 0.15) is 0 Å². The molecule has 0 unspecified atom stereocenters. The highest BCUT2D eigenvalue weighted by Gasteiger charge is 2.22. The van der Waals surface area contributed by atoms with Gasteiger partial charge in [0.2, 0.25) is 6.19 Å². The Morgan fingerprint density at radius 2 is 1.73 bits per heavy atom. The maximum atomic E-state index is 10.7. The van der Waals surface area contributed by atoms with E-state index >= 15 is 0 Å². The SMILES string of the molecule is N#C/N=C(/Oc1ccccc1)N1CCN(c2ccc([N+](=O)[O-])cc2)CC1. The van der Waals surface area contributed by atoms with Gasteiger partial charge in [0.15, 0.2) is 0 Å². The number of rotatable bonds is 3. The van der Waals surface area contributed by atoms with Gasteiger partial charge < -0.3 is 14.5 Å². The minimum atomic E-state index is -0.409. The molecule has 0 amide bonds. The molecule has 0 aliphatic carbocycles. The van der Waals surface area contributed by atoms with E-state index in [4.69, 9.17) is 10.00 Å². The van der Waals surface area contributed by atoms with Gasteiger partial charge in [0.25, 0.3) is 5.69 Å². The summed E-state index contributed by atoms with van der Waals surface area (Å²) in [6.45, 7) is 2.65. The number of ether oxygens (including phenoxy) is 1. The van der Waals surface area contributed by atoms with Gasteiger partial charge in [-0.05, 0) is 24.3 Å². The van der Waals surface area contributed by atoms with Crippen LogP contribution in [-0.4, -0.2) is 42.0 Å². The first-order valence-electron chi connectivity index (χ1n) is 8.11. The lowest BCUT2D eigenvalue weighted by molar-refractivity contribution is -0.384. The van der Waals surface area contributed by atoms with Crippen LogP contribution in [0.2, 0.25) is 0 Å². The van der Waals surface area contributed by atoms with Crippen molar-refractivity contribution in [3.63, 3.8) is 0 Å². The number of benzene rings is 2. The topological polar surface area (TPSA) is 95.0 Å². The van der Waals surface area contributed by atoms with Crippen LogP contribution in [0.15, 0.2) is 59.6 Å². The zero-order valence-corrected chi connectivity index (χ0v) is 14.0. The van der Waals surface area contributed by atoms with Gasteiger partial charge in [0.05, 0.1) is 4.92 Å². The number of piperazine rings is 1. The summed E-state index contributed by atoms with van der Waals surface area (Å²) in [4.78, 5) is 18.2. The summed E-state index contributed by atoms with van der Waals surface area (Å²) >= 11 is 0. The lowest BCUT2D eigenvalue weighted by atomic mass is 10.2. The Morgan fingerprint density at radius 3 is 2.31 bits per heavy atom. The van der Waals surface area contributed by atoms with Gasteiger partial charge in [-0.2, -0.15) is 5.26 Å². The van der Waals surface area contributed by atoms with Crippen LogP contribution >= 0.6 is 0 Å². The normalized spacial score (nSPS) is 14.7. The van der Waals surface area contributed by atoms with Crippen LogP contribution in [0.25, 0.3) is 0 Å². The van der Waals surface area contributed by atoms with Crippen molar-refractivity contribution in [3.8, 4) is 11.9 Å². The Bertz CT molecular complexity index is 822. The molecular formula is C18H17N5O3. The monoisotopic (exact) mass is 351 g/mol. The van der Waals surface area contributed by atoms with Crippen LogP contribution in [0.3, 0.4) is 0 Å². The second-order valence-electron chi connectivity index (χ2n) is 5.66. The summed E-state index contributed by atoms with van der Waals surface area (Å²) in [6.07, 6.45) is 1.79. The summed E-state index contributed by atoms with van der Waals surface area (Å²) < 4.78 is 5.74. The number of amidine groups is 1. The van der Waals surface area contributed by atoms with E-state index in [1.54, 1.807) is 30.5 Å². The minimum absolute atomic E-state index is 0.0760. The fourth-order valence-corrected chi connectivity index (χ4v) is 2.74. The van der Waals surface area contributed by atoms with Gasteiger partial charge in [-0.1, -0.05) is 18.2 Å². The molecule has 0 spiro atoms. The van der Waals surface area contributed by atoms with E-state index in [0.717, 1.165) is 5.69 Å². The van der Waals surface area contributed by atoms with E-state index < -0.39 is 4.92 Å². The number of nitriles is 1. The first kappa shape index (κ1) is 17.2. The number of nitro groups is 1. The second-order valence-corrected chi connectivity index (χ2v) is 5.66. The summed E-state index contributed by atoms with van der Waals surface area (Å²) in [6, 6.07) is 16.0. The van der Waals surface area contributed by atoms with E-state index in [1.165, 1.54) is 12.1 Å². The molecular weight excluding hydrogens is 334 g/mol. The number of hydrogen-bond acceptors (Lipinski definition) is 6. The van der Waals surface area contributed by atoms with E-state index in [0.29, 0.717) is 31.9 Å². The van der Waals surface area contributed by atoms with Gasteiger partial charge in [0, 0.05) is 44.0 Å². The van der Waals surface area contributed by atoms with Crippen molar-refractivity contribution in [2.45, 2.75) is 0 Å². The summed E-state index contributed by atoms with van der Waals surface area (Å²) in [5, 5.41) is 19.7. The van der Waals surface area contributed by atoms with Crippen molar-refractivity contribution in [2.24, 2.45) is 4.99 Å². The highest BCUT2D eigenvalue weighted by molar-refractivity contribution is 5.77. The van der Waals surface area contributed by atoms with Crippen molar-refractivity contribution in [1.29, 1.82) is 5.26 Å². The molecule has 0 aromatic heterocycles. The highest BCUT2D eigenvalue weighted by atomic mass is 16.6. The Hall–Kier alpha value is -3.60. The van der Waals surface area contributed by atoms with Gasteiger partial charge in [0.1, 0.15) is 5.75 Å². The van der Waals surface area contributed by atoms with Crippen LogP contribution < -0.4 is 9.64 Å². The largest absolute Gasteiger partial charge is 0.425 e. The molecule has 2 aromatic carbocycles. The molecule has 8 nitrogen and oxygen atoms in total. The molecule has 1 fully saturated rings. The average molecular weight is 351 g/mol. The molecule has 1 aliphatic rings. The third kappa shape index (κ3) is 4.08. The van der Waals surface area contributed by atoms with Crippen molar-refractivity contribution < 1.29 is 9.66 Å². The minimum Gasteiger partial charge on any atom is -0.425 e. The predicted octanol–water partition coefficient (Wildman–Crippen LogP) is 2.63. The van der Waals surface area contributed by atoms with Gasteiger partial charge in [-0.15, -0.1) is 4.99 Å². The molecule has 132 valence electrons. The lowest BCUT2D eigenvalue weighted by Crippen LogP contribution is -2.50. The number of nitro benzene ring substituents is 1. The van der Waals surface area contributed by atoms with E-state index in [2.05, 4.69) is 9.89 Å². The van der Waals surface area contributed by atoms with Gasteiger partial charge >= 0.3 is 6.02 Å². The Balaban J connectivity index is 1.63. The molecule has 0 radical (unpaired) electrons. The molecule has 0 saturated carbocycles. The first-order valence-corrected chi connectivity index (χ1v) is 8.11. The molecule has 0 atom stereocenters. The molecule has 3 rings (SSSR count). The number of para-hydroxylation sites is 1. The number of anilines is 1. The summed E-state index contributed by atoms with van der Waals surface area (Å²) in [5.74, 6) is 0.624. The number of aliphatic imine (C=N–C) groups is 1. The summed E-state index contributed by atoms with van der Waals surface area (Å²) in [7, 11) is 0. The number of non-ortho nitro benzene ring substituents is 1. The molecule has 8 heteroatoms. The van der Waals surface area contributed by atoms with Gasteiger partial charge in [-0.25, -0.2) is 0 Å². The number of nitrogens with zero attached hydrogens (tertiary/aromatic N) is 5. The zero-order chi connectivity index (χ0) is 18.4. The average Bonchev–Trinajstić information content (AvgIpc) is 2.69. The van der Waals surface area contributed by atoms with Crippen LogP contribution in [0, 0.1) is 21.6 Å². The van der Waals surface area contributed by atoms with Crippen molar-refractivity contribution >= 4 is 17.4 Å². The molecule has 1 saturated heterocycles. The predicted molar refractivity (Wildman–Crippen MR) is 97.0 cm³/mol. The smallest absolute Gasteiger partial charge is 0.308 e. The molecule has 0 N–H and O–H groups in total. The maximum Gasteiger partial charge on any atom is 0.308 e. The first-order chi connectivity index (χ1) is 12.7. The molecule has 26 heavy (non-hydrogen) atoms. The summed E-state index contributed by atoms with van der Waals surface area (Å²) in [5.41, 5.74) is 1.00. The highest BCUT2D eigenvalue weighted by Crippen LogP contribution is 2.21. The third-order valence-corrected chi connectivity index (χ3v) is 4.07. The van der Waals surface area contributed by atoms with Crippen molar-refractivity contribution in [3.05, 3.63) is 64.7 Å². The van der Waals surface area contributed by atoms with Crippen LogP contribution in [0.5, 0.6) is 5.75 Å². The molecule has 2 aromatic rings. The third-order valence-electron chi connectivity index (χ3n) is 4.07. The fraction of sp³-hybridized carbons (Fsp3) is 0.222. The Labute approximate surface area is 150 Å². The number of hydrogen-bond donors (Lipinski definition) is 0. The molecule has 1 heterocycles. The molecule has 0 bridgehead atoms. The standard InChI is InChI=1S/C18H17N5O3/c19-14-20-18(26-17-4-2-1-3-5-17)22-12-10-21(11-13-22)15-6-8-16(9-7-15)23(24)25/h1-9H,10-13H2/b20-18+. The van der Waals surface area contributed by atoms with Crippen LogP contribution in [-0.2, 0) is 0 Å². The quantitative estimate of drug-likeness (QED) is 0.277. The zero-order valence-electron chi connectivity index (χ0n) is 14.0. The van der Waals surface area contributed by atoms with E-state index in [9.17, 15) is 10.1 Å². The van der Waals surface area contributed by atoms with E-state index in [1.807, 2.05) is 23.1 Å². The van der Waals surface area contributed by atoms with Gasteiger partial charge in [-0.3, -0.25) is 10.1 Å². The van der Waals surface area contributed by atoms with Crippen molar-refractivity contribution in [1.82, 2.24) is 4.90 Å². The Morgan fingerprint density at radius 1 is 1.08 bits per heavy atom. The Kier molecular flexibility index (Phi) is 5.29.